The van der Waals surface area contributed by atoms with Gasteiger partial charge in [0.1, 0.15) is 0 Å². The highest BCUT2D eigenvalue weighted by Crippen LogP contribution is 2.21. The van der Waals surface area contributed by atoms with Crippen LogP contribution in [0.25, 0.3) is 0 Å². The summed E-state index contributed by atoms with van der Waals surface area (Å²) in [7, 11) is 1.83. The lowest BCUT2D eigenvalue weighted by Gasteiger charge is -2.15. The lowest BCUT2D eigenvalue weighted by atomic mass is 10.2. The van der Waals surface area contributed by atoms with E-state index in [9.17, 15) is 0 Å². The molecule has 74 valence electrons. The van der Waals surface area contributed by atoms with Crippen molar-refractivity contribution >= 4 is 11.8 Å². The zero-order valence-corrected chi connectivity index (χ0v) is 8.95. The molecule has 0 radical (unpaired) electrons. The van der Waals surface area contributed by atoms with Crippen LogP contribution in [0.5, 0.6) is 0 Å². The molecule has 0 aliphatic carbocycles. The van der Waals surface area contributed by atoms with Crippen LogP contribution in [-0.4, -0.2) is 31.5 Å². The first-order valence-corrected chi connectivity index (χ1v) is 5.17. The first-order chi connectivity index (χ1) is 6.15. The molecule has 1 aromatic rings. The molecule has 6 heteroatoms. The Kier molecular flexibility index (Phi) is 3.68. The molecule has 13 heavy (non-hydrogen) atoms. The minimum Gasteiger partial charge on any atom is -0.327 e. The van der Waals surface area contributed by atoms with E-state index in [1.807, 2.05) is 7.05 Å². The number of tetrazole rings is 1. The number of nitrogens with two attached hydrogens (primary N) is 1. The zero-order valence-electron chi connectivity index (χ0n) is 8.14. The van der Waals surface area contributed by atoms with Gasteiger partial charge in [0.25, 0.3) is 0 Å². The molecule has 1 heterocycles. The zero-order chi connectivity index (χ0) is 9.84. The maximum atomic E-state index is 5.88. The predicted molar refractivity (Wildman–Crippen MR) is 52.4 cm³/mol. The van der Waals surface area contributed by atoms with Crippen molar-refractivity contribution in [1.82, 2.24) is 20.2 Å². The summed E-state index contributed by atoms with van der Waals surface area (Å²) in [5.41, 5.74) is 5.88. The summed E-state index contributed by atoms with van der Waals surface area (Å²) in [4.78, 5) is 0. The molecule has 0 saturated heterocycles. The fourth-order valence-corrected chi connectivity index (χ4v) is 1.88. The number of nitrogens with zero attached hydrogens (tertiary/aromatic N) is 4. The highest BCUT2D eigenvalue weighted by Gasteiger charge is 2.15. The second kappa shape index (κ2) is 4.57. The standard InChI is InChI=1S/C7H15N5S/c1-4-6(8)5(2)13-7-9-10-11-12(7)3/h5-6H,4,8H2,1-3H3. The highest BCUT2D eigenvalue weighted by molar-refractivity contribution is 7.99. The second-order valence-electron chi connectivity index (χ2n) is 2.98. The summed E-state index contributed by atoms with van der Waals surface area (Å²) in [6.07, 6.45) is 0.972. The van der Waals surface area contributed by atoms with Crippen LogP contribution in [0.3, 0.4) is 0 Å². The van der Waals surface area contributed by atoms with Gasteiger partial charge in [-0.25, -0.2) is 4.68 Å². The van der Waals surface area contributed by atoms with Gasteiger partial charge in [0.2, 0.25) is 5.16 Å². The Morgan fingerprint density at radius 2 is 2.31 bits per heavy atom. The maximum absolute atomic E-state index is 5.88. The van der Waals surface area contributed by atoms with Gasteiger partial charge in [0.15, 0.2) is 0 Å². The average Bonchev–Trinajstić information content (AvgIpc) is 2.50. The minimum atomic E-state index is 0.196. The van der Waals surface area contributed by atoms with E-state index in [4.69, 9.17) is 5.73 Å². The van der Waals surface area contributed by atoms with Crippen LogP contribution in [-0.2, 0) is 7.05 Å². The normalized spacial score (nSPS) is 15.7. The van der Waals surface area contributed by atoms with Crippen LogP contribution in [0.2, 0.25) is 0 Å². The Balaban J connectivity index is 2.54. The van der Waals surface area contributed by atoms with Gasteiger partial charge in [0, 0.05) is 18.3 Å². The molecular formula is C7H15N5S. The van der Waals surface area contributed by atoms with Crippen molar-refractivity contribution in [3.05, 3.63) is 0 Å². The molecule has 0 bridgehead atoms. The second-order valence-corrected chi connectivity index (χ2v) is 4.32. The smallest absolute Gasteiger partial charge is 0.209 e. The topological polar surface area (TPSA) is 69.6 Å². The van der Waals surface area contributed by atoms with Gasteiger partial charge in [-0.2, -0.15) is 0 Å². The first-order valence-electron chi connectivity index (χ1n) is 4.29. The van der Waals surface area contributed by atoms with Crippen molar-refractivity contribution in [3.63, 3.8) is 0 Å². The van der Waals surface area contributed by atoms with Crippen molar-refractivity contribution in [1.29, 1.82) is 0 Å². The van der Waals surface area contributed by atoms with Gasteiger partial charge in [-0.1, -0.05) is 25.6 Å². The number of rotatable bonds is 4. The molecule has 0 saturated carbocycles. The quantitative estimate of drug-likeness (QED) is 0.715. The van der Waals surface area contributed by atoms with Gasteiger partial charge in [0.05, 0.1) is 0 Å². The minimum absolute atomic E-state index is 0.196. The summed E-state index contributed by atoms with van der Waals surface area (Å²) >= 11 is 1.61. The number of thioether (sulfide) groups is 1. The molecule has 0 spiro atoms. The largest absolute Gasteiger partial charge is 0.327 e. The van der Waals surface area contributed by atoms with Crippen LogP contribution >= 0.6 is 11.8 Å². The maximum Gasteiger partial charge on any atom is 0.209 e. The van der Waals surface area contributed by atoms with Crippen molar-refractivity contribution in [2.24, 2.45) is 12.8 Å². The van der Waals surface area contributed by atoms with Crippen LogP contribution < -0.4 is 5.73 Å². The van der Waals surface area contributed by atoms with Crippen LogP contribution in [0.1, 0.15) is 20.3 Å². The third-order valence-corrected chi connectivity index (χ3v) is 3.22. The van der Waals surface area contributed by atoms with E-state index in [-0.39, 0.29) is 6.04 Å². The van der Waals surface area contributed by atoms with Crippen molar-refractivity contribution in [2.75, 3.05) is 0 Å². The lowest BCUT2D eigenvalue weighted by molar-refractivity contribution is 0.631. The van der Waals surface area contributed by atoms with E-state index in [1.165, 1.54) is 0 Å². The molecule has 2 N–H and O–H groups in total. The molecule has 5 nitrogen and oxygen atoms in total. The summed E-state index contributed by atoms with van der Waals surface area (Å²) in [6.45, 7) is 4.17. The van der Waals surface area contributed by atoms with Crippen molar-refractivity contribution < 1.29 is 0 Å². The van der Waals surface area contributed by atoms with Crippen LogP contribution in [0.4, 0.5) is 0 Å². The van der Waals surface area contributed by atoms with Crippen molar-refractivity contribution in [3.8, 4) is 0 Å². The van der Waals surface area contributed by atoms with E-state index < -0.39 is 0 Å². The Hall–Kier alpha value is -0.620. The molecule has 2 unspecified atom stereocenters. The van der Waals surface area contributed by atoms with Crippen LogP contribution in [0.15, 0.2) is 5.16 Å². The van der Waals surface area contributed by atoms with Crippen molar-refractivity contribution in [2.45, 2.75) is 36.7 Å². The number of aryl methyl sites for hydroxylation is 1. The van der Waals surface area contributed by atoms with E-state index >= 15 is 0 Å². The molecule has 1 rings (SSSR count). The van der Waals surface area contributed by atoms with E-state index in [1.54, 1.807) is 16.4 Å². The molecule has 0 aliphatic rings. The fourth-order valence-electron chi connectivity index (χ4n) is 0.907. The van der Waals surface area contributed by atoms with Gasteiger partial charge in [-0.05, 0) is 16.8 Å². The third-order valence-electron chi connectivity index (χ3n) is 1.95. The number of aromatic nitrogens is 4. The molecule has 1 aromatic heterocycles. The highest BCUT2D eigenvalue weighted by atomic mass is 32.2. The summed E-state index contributed by atoms with van der Waals surface area (Å²) in [5, 5.41) is 12.4. The summed E-state index contributed by atoms with van der Waals surface area (Å²) in [6, 6.07) is 0.196. The third kappa shape index (κ3) is 2.67. The monoisotopic (exact) mass is 201 g/mol. The Labute approximate surface area is 82.1 Å². The molecule has 0 aromatic carbocycles. The lowest BCUT2D eigenvalue weighted by Crippen LogP contribution is -2.29. The average molecular weight is 201 g/mol. The SMILES string of the molecule is CCC(N)C(C)Sc1nnnn1C. The van der Waals surface area contributed by atoms with E-state index in [0.29, 0.717) is 5.25 Å². The molecular weight excluding hydrogens is 186 g/mol. The fraction of sp³-hybridized carbons (Fsp3) is 0.857. The Bertz CT molecular complexity index is 261. The molecule has 2 atom stereocenters. The number of hydrogen-bond donors (Lipinski definition) is 1. The Morgan fingerprint density at radius 3 is 2.77 bits per heavy atom. The first kappa shape index (κ1) is 10.5. The Morgan fingerprint density at radius 1 is 1.62 bits per heavy atom. The summed E-state index contributed by atoms with van der Waals surface area (Å²) in [5.74, 6) is 0. The van der Waals surface area contributed by atoms with Gasteiger partial charge in [-0.15, -0.1) is 5.10 Å². The van der Waals surface area contributed by atoms with Gasteiger partial charge in [-0.3, -0.25) is 0 Å². The van der Waals surface area contributed by atoms with E-state index in [0.717, 1.165) is 11.6 Å². The summed E-state index contributed by atoms with van der Waals surface area (Å²) < 4.78 is 1.66. The molecule has 0 fully saturated rings. The van der Waals surface area contributed by atoms with Gasteiger partial charge < -0.3 is 5.73 Å². The molecule has 0 amide bonds. The molecule has 0 aliphatic heterocycles. The predicted octanol–water partition coefficient (Wildman–Crippen LogP) is 0.428. The number of hydrogen-bond acceptors (Lipinski definition) is 5. The van der Waals surface area contributed by atoms with Crippen LogP contribution in [0, 0.1) is 0 Å². The van der Waals surface area contributed by atoms with Gasteiger partial charge >= 0.3 is 0 Å². The van der Waals surface area contributed by atoms with E-state index in [2.05, 4.69) is 29.4 Å².